The van der Waals surface area contributed by atoms with E-state index in [9.17, 15) is 9.59 Å². The van der Waals surface area contributed by atoms with E-state index in [1.807, 2.05) is 29.8 Å². The average molecular weight is 374 g/mol. The summed E-state index contributed by atoms with van der Waals surface area (Å²) >= 11 is 0. The average Bonchev–Trinajstić information content (AvgIpc) is 3.20. The monoisotopic (exact) mass is 374 g/mol. The zero-order valence-corrected chi connectivity index (χ0v) is 16.4. The van der Waals surface area contributed by atoms with E-state index >= 15 is 0 Å². The molecule has 0 radical (unpaired) electrons. The van der Waals surface area contributed by atoms with E-state index in [0.717, 1.165) is 25.2 Å². The lowest BCUT2D eigenvalue weighted by molar-refractivity contribution is -0.135. The molecule has 0 aromatic carbocycles. The maximum Gasteiger partial charge on any atom is 0.274 e. The Bertz CT molecular complexity index is 699. The van der Waals surface area contributed by atoms with E-state index in [1.165, 1.54) is 19.3 Å². The summed E-state index contributed by atoms with van der Waals surface area (Å²) in [5, 5.41) is 4.36. The fourth-order valence-electron chi connectivity index (χ4n) is 4.88. The zero-order chi connectivity index (χ0) is 19.0. The van der Waals surface area contributed by atoms with Crippen LogP contribution in [0.15, 0.2) is 6.07 Å². The second-order valence-electron chi connectivity index (χ2n) is 8.42. The van der Waals surface area contributed by atoms with Crippen molar-refractivity contribution >= 4 is 11.8 Å². The number of amides is 2. The first kappa shape index (κ1) is 18.5. The van der Waals surface area contributed by atoms with Crippen molar-refractivity contribution in [1.82, 2.24) is 19.6 Å². The molecule has 1 unspecified atom stereocenters. The molecule has 1 aromatic rings. The van der Waals surface area contributed by atoms with Crippen LogP contribution in [-0.2, 0) is 16.6 Å². The molecule has 1 aromatic heterocycles. The first-order valence-corrected chi connectivity index (χ1v) is 10.1. The van der Waals surface area contributed by atoms with E-state index in [4.69, 9.17) is 4.74 Å². The first-order valence-electron chi connectivity index (χ1n) is 10.1. The predicted octanol–water partition coefficient (Wildman–Crippen LogP) is 1.61. The Morgan fingerprint density at radius 2 is 2.00 bits per heavy atom. The topological polar surface area (TPSA) is 67.7 Å². The van der Waals surface area contributed by atoms with E-state index in [1.54, 1.807) is 4.68 Å². The molecule has 1 atom stereocenters. The van der Waals surface area contributed by atoms with E-state index in [2.05, 4.69) is 5.10 Å². The molecular formula is C20H30N4O3. The largest absolute Gasteiger partial charge is 0.378 e. The standard InChI is InChI=1S/C20H30N4O3/c1-15-12-17(21-22(15)2)19(26)24-13-16(20(14-24)6-3-7-20)4-5-18(25)23-8-10-27-11-9-23/h12,16H,3-11,13-14H2,1-2H3. The van der Waals surface area contributed by atoms with Crippen LogP contribution in [-0.4, -0.2) is 70.8 Å². The Hall–Kier alpha value is -1.89. The Labute approximate surface area is 160 Å². The molecule has 4 rings (SSSR count). The highest BCUT2D eigenvalue weighted by Crippen LogP contribution is 2.53. The minimum Gasteiger partial charge on any atom is -0.378 e. The Morgan fingerprint density at radius 3 is 2.59 bits per heavy atom. The molecule has 0 N–H and O–H groups in total. The van der Waals surface area contributed by atoms with Crippen molar-refractivity contribution < 1.29 is 14.3 Å². The van der Waals surface area contributed by atoms with Gasteiger partial charge < -0.3 is 14.5 Å². The number of rotatable bonds is 4. The highest BCUT2D eigenvalue weighted by molar-refractivity contribution is 5.92. The summed E-state index contributed by atoms with van der Waals surface area (Å²) in [5.41, 5.74) is 1.75. The number of likely N-dealkylation sites (tertiary alicyclic amines) is 1. The van der Waals surface area contributed by atoms with Gasteiger partial charge in [-0.05, 0) is 43.6 Å². The van der Waals surface area contributed by atoms with Gasteiger partial charge in [-0.3, -0.25) is 14.3 Å². The van der Waals surface area contributed by atoms with Crippen molar-refractivity contribution in [3.05, 3.63) is 17.5 Å². The fraction of sp³-hybridized carbons (Fsp3) is 0.750. The summed E-state index contributed by atoms with van der Waals surface area (Å²) in [6, 6.07) is 1.87. The van der Waals surface area contributed by atoms with Gasteiger partial charge in [-0.1, -0.05) is 6.42 Å². The molecule has 3 aliphatic rings. The number of hydrogen-bond donors (Lipinski definition) is 0. The number of ether oxygens (including phenoxy) is 1. The third-order valence-corrected chi connectivity index (χ3v) is 6.85. The molecule has 2 aliphatic heterocycles. The van der Waals surface area contributed by atoms with Gasteiger partial charge >= 0.3 is 0 Å². The van der Waals surface area contributed by atoms with Crippen molar-refractivity contribution in [3.8, 4) is 0 Å². The molecule has 7 heteroatoms. The quantitative estimate of drug-likeness (QED) is 0.803. The van der Waals surface area contributed by atoms with E-state index in [0.29, 0.717) is 44.3 Å². The second kappa shape index (κ2) is 7.26. The molecular weight excluding hydrogens is 344 g/mol. The van der Waals surface area contributed by atoms with Crippen LogP contribution in [0.2, 0.25) is 0 Å². The molecule has 2 amide bonds. The van der Waals surface area contributed by atoms with Crippen LogP contribution < -0.4 is 0 Å². The Balaban J connectivity index is 1.39. The summed E-state index contributed by atoms with van der Waals surface area (Å²) < 4.78 is 7.09. The Kier molecular flexibility index (Phi) is 4.97. The lowest BCUT2D eigenvalue weighted by Crippen LogP contribution is -2.42. The first-order chi connectivity index (χ1) is 13.0. The van der Waals surface area contributed by atoms with Crippen molar-refractivity contribution in [3.63, 3.8) is 0 Å². The van der Waals surface area contributed by atoms with Crippen LogP contribution in [0.5, 0.6) is 0 Å². The minimum atomic E-state index is 0.0342. The Morgan fingerprint density at radius 1 is 1.26 bits per heavy atom. The molecule has 1 spiro atoms. The third kappa shape index (κ3) is 3.49. The lowest BCUT2D eigenvalue weighted by Gasteiger charge is -2.43. The van der Waals surface area contributed by atoms with Gasteiger partial charge in [-0.25, -0.2) is 0 Å². The number of carbonyl (C=O) groups excluding carboxylic acids is 2. The van der Waals surface area contributed by atoms with Gasteiger partial charge in [0.2, 0.25) is 5.91 Å². The number of aryl methyl sites for hydroxylation is 2. The second-order valence-corrected chi connectivity index (χ2v) is 8.42. The number of nitrogens with zero attached hydrogens (tertiary/aromatic N) is 4. The lowest BCUT2D eigenvalue weighted by atomic mass is 9.62. The fourth-order valence-corrected chi connectivity index (χ4v) is 4.88. The normalized spacial score (nSPS) is 24.3. The van der Waals surface area contributed by atoms with Crippen LogP contribution in [0, 0.1) is 18.3 Å². The minimum absolute atomic E-state index is 0.0342. The summed E-state index contributed by atoms with van der Waals surface area (Å²) in [7, 11) is 1.86. The van der Waals surface area contributed by atoms with Crippen molar-refractivity contribution in [1.29, 1.82) is 0 Å². The van der Waals surface area contributed by atoms with Gasteiger partial charge in [0.25, 0.3) is 5.91 Å². The van der Waals surface area contributed by atoms with Gasteiger partial charge in [0.1, 0.15) is 0 Å². The van der Waals surface area contributed by atoms with E-state index < -0.39 is 0 Å². The van der Waals surface area contributed by atoms with Crippen LogP contribution in [0.1, 0.15) is 48.3 Å². The highest BCUT2D eigenvalue weighted by Gasteiger charge is 2.51. The number of hydrogen-bond acceptors (Lipinski definition) is 4. The number of aromatic nitrogens is 2. The van der Waals surface area contributed by atoms with Crippen LogP contribution >= 0.6 is 0 Å². The summed E-state index contributed by atoms with van der Waals surface area (Å²) in [4.78, 5) is 29.4. The molecule has 2 saturated heterocycles. The van der Waals surface area contributed by atoms with Crippen LogP contribution in [0.3, 0.4) is 0 Å². The van der Waals surface area contributed by atoms with Gasteiger partial charge in [-0.15, -0.1) is 0 Å². The third-order valence-electron chi connectivity index (χ3n) is 6.85. The zero-order valence-electron chi connectivity index (χ0n) is 16.4. The van der Waals surface area contributed by atoms with Crippen LogP contribution in [0.4, 0.5) is 0 Å². The van der Waals surface area contributed by atoms with Gasteiger partial charge in [0.15, 0.2) is 5.69 Å². The molecule has 3 fully saturated rings. The predicted molar refractivity (Wildman–Crippen MR) is 100 cm³/mol. The SMILES string of the molecule is Cc1cc(C(=O)N2CC(CCC(=O)N3CCOCC3)C3(CCC3)C2)nn1C. The molecule has 3 heterocycles. The summed E-state index contributed by atoms with van der Waals surface area (Å²) in [5.74, 6) is 0.690. The molecule has 148 valence electrons. The number of morpholine rings is 1. The van der Waals surface area contributed by atoms with Crippen molar-refractivity contribution in [2.24, 2.45) is 18.4 Å². The molecule has 0 bridgehead atoms. The molecule has 1 saturated carbocycles. The molecule has 7 nitrogen and oxygen atoms in total. The van der Waals surface area contributed by atoms with E-state index in [-0.39, 0.29) is 17.2 Å². The maximum atomic E-state index is 12.9. The highest BCUT2D eigenvalue weighted by atomic mass is 16.5. The van der Waals surface area contributed by atoms with Crippen LogP contribution in [0.25, 0.3) is 0 Å². The van der Waals surface area contributed by atoms with Gasteiger partial charge in [0.05, 0.1) is 13.2 Å². The maximum absolute atomic E-state index is 12.9. The van der Waals surface area contributed by atoms with Crippen molar-refractivity contribution in [2.45, 2.75) is 39.0 Å². The van der Waals surface area contributed by atoms with Crippen molar-refractivity contribution in [2.75, 3.05) is 39.4 Å². The summed E-state index contributed by atoms with van der Waals surface area (Å²) in [6.45, 7) is 6.23. The summed E-state index contributed by atoms with van der Waals surface area (Å²) in [6.07, 6.45) is 5.04. The molecule has 1 aliphatic carbocycles. The number of carbonyl (C=O) groups is 2. The van der Waals surface area contributed by atoms with Gasteiger partial charge in [-0.2, -0.15) is 5.10 Å². The smallest absolute Gasteiger partial charge is 0.274 e. The van der Waals surface area contributed by atoms with Gasteiger partial charge in [0, 0.05) is 45.3 Å². The molecule has 27 heavy (non-hydrogen) atoms.